The molecule has 16 heavy (non-hydrogen) atoms. The molecule has 1 atom stereocenters. The molecule has 1 heterocycles. The fourth-order valence-corrected chi connectivity index (χ4v) is 1.98. The third-order valence-corrected chi connectivity index (χ3v) is 2.84. The molecule has 3 nitrogen and oxygen atoms in total. The number of nitrogens with zero attached hydrogens (tertiary/aromatic N) is 1. The topological polar surface area (TPSA) is 46.3 Å². The van der Waals surface area contributed by atoms with Crippen molar-refractivity contribution in [1.82, 2.24) is 4.90 Å². The Morgan fingerprint density at radius 3 is 2.88 bits per heavy atom. The van der Waals surface area contributed by atoms with Crippen molar-refractivity contribution in [2.24, 2.45) is 5.73 Å². The van der Waals surface area contributed by atoms with Crippen LogP contribution in [0.5, 0.6) is 0 Å². The largest absolute Gasteiger partial charge is 0.337 e. The van der Waals surface area contributed by atoms with Crippen LogP contribution in [-0.2, 0) is 11.3 Å². The summed E-state index contributed by atoms with van der Waals surface area (Å²) in [7, 11) is 0. The highest BCUT2D eigenvalue weighted by molar-refractivity contribution is 5.79. The van der Waals surface area contributed by atoms with Crippen molar-refractivity contribution in [2.45, 2.75) is 25.9 Å². The zero-order valence-corrected chi connectivity index (χ0v) is 9.24. The van der Waals surface area contributed by atoms with Gasteiger partial charge in [0, 0.05) is 25.6 Å². The molecule has 1 fully saturated rings. The van der Waals surface area contributed by atoms with Gasteiger partial charge in [-0.15, -0.1) is 0 Å². The number of rotatable bonds is 2. The minimum Gasteiger partial charge on any atom is -0.337 e. The molecule has 1 saturated heterocycles. The molecule has 0 saturated carbocycles. The number of nitrogens with two attached hydrogens (primary N) is 1. The standard InChI is InChI=1S/C12H15FN2O/c1-8-4-9(2-3-11(8)13)6-15-7-10(14)5-12(15)16/h2-4,10H,5-7,14H2,1H3. The molecule has 0 aromatic heterocycles. The van der Waals surface area contributed by atoms with Gasteiger partial charge in [0.05, 0.1) is 0 Å². The van der Waals surface area contributed by atoms with Crippen LogP contribution >= 0.6 is 0 Å². The molecule has 1 amide bonds. The Labute approximate surface area is 94.0 Å². The Kier molecular flexibility index (Phi) is 2.92. The van der Waals surface area contributed by atoms with E-state index in [9.17, 15) is 9.18 Å². The molecule has 2 rings (SSSR count). The van der Waals surface area contributed by atoms with E-state index in [4.69, 9.17) is 5.73 Å². The summed E-state index contributed by atoms with van der Waals surface area (Å²) in [5.41, 5.74) is 7.25. The quantitative estimate of drug-likeness (QED) is 0.817. The Hall–Kier alpha value is -1.42. The van der Waals surface area contributed by atoms with E-state index in [0.29, 0.717) is 25.1 Å². The number of carbonyl (C=O) groups excluding carboxylic acids is 1. The molecule has 4 heteroatoms. The van der Waals surface area contributed by atoms with Crippen molar-refractivity contribution in [3.05, 3.63) is 35.1 Å². The van der Waals surface area contributed by atoms with Crippen molar-refractivity contribution >= 4 is 5.91 Å². The fourth-order valence-electron chi connectivity index (χ4n) is 1.98. The molecule has 0 radical (unpaired) electrons. The maximum absolute atomic E-state index is 13.1. The normalized spacial score (nSPS) is 20.6. The van der Waals surface area contributed by atoms with Crippen molar-refractivity contribution in [2.75, 3.05) is 6.54 Å². The SMILES string of the molecule is Cc1cc(CN2CC(N)CC2=O)ccc1F. The van der Waals surface area contributed by atoms with E-state index < -0.39 is 0 Å². The van der Waals surface area contributed by atoms with Crippen LogP contribution in [-0.4, -0.2) is 23.4 Å². The monoisotopic (exact) mass is 222 g/mol. The van der Waals surface area contributed by atoms with Gasteiger partial charge >= 0.3 is 0 Å². The third-order valence-electron chi connectivity index (χ3n) is 2.84. The summed E-state index contributed by atoms with van der Waals surface area (Å²) in [5, 5.41) is 0. The van der Waals surface area contributed by atoms with E-state index in [-0.39, 0.29) is 17.8 Å². The van der Waals surface area contributed by atoms with Crippen LogP contribution in [0.3, 0.4) is 0 Å². The van der Waals surface area contributed by atoms with Gasteiger partial charge in [-0.2, -0.15) is 0 Å². The van der Waals surface area contributed by atoms with Crippen molar-refractivity contribution in [3.8, 4) is 0 Å². The molecule has 1 aliphatic heterocycles. The maximum Gasteiger partial charge on any atom is 0.224 e. The van der Waals surface area contributed by atoms with Crippen molar-refractivity contribution < 1.29 is 9.18 Å². The van der Waals surface area contributed by atoms with E-state index >= 15 is 0 Å². The third kappa shape index (κ3) is 2.22. The van der Waals surface area contributed by atoms with Gasteiger partial charge in [0.25, 0.3) is 0 Å². The second-order valence-electron chi connectivity index (χ2n) is 4.32. The molecule has 1 aliphatic rings. The number of hydrogen-bond acceptors (Lipinski definition) is 2. The first-order chi connectivity index (χ1) is 7.56. The lowest BCUT2D eigenvalue weighted by molar-refractivity contribution is -0.128. The molecular weight excluding hydrogens is 207 g/mol. The van der Waals surface area contributed by atoms with Crippen LogP contribution in [0.1, 0.15) is 17.5 Å². The number of aryl methyl sites for hydroxylation is 1. The minimum atomic E-state index is -0.215. The highest BCUT2D eigenvalue weighted by Gasteiger charge is 2.26. The molecule has 2 N–H and O–H groups in total. The van der Waals surface area contributed by atoms with Gasteiger partial charge < -0.3 is 10.6 Å². The number of likely N-dealkylation sites (tertiary alicyclic amines) is 1. The van der Waals surface area contributed by atoms with Crippen molar-refractivity contribution in [3.63, 3.8) is 0 Å². The molecular formula is C12H15FN2O. The summed E-state index contributed by atoms with van der Waals surface area (Å²) in [6, 6.07) is 4.85. The van der Waals surface area contributed by atoms with E-state index in [1.807, 2.05) is 0 Å². The predicted molar refractivity (Wildman–Crippen MR) is 59.1 cm³/mol. The fraction of sp³-hybridized carbons (Fsp3) is 0.417. The van der Waals surface area contributed by atoms with E-state index in [2.05, 4.69) is 0 Å². The van der Waals surface area contributed by atoms with E-state index in [0.717, 1.165) is 5.56 Å². The van der Waals surface area contributed by atoms with Gasteiger partial charge in [0.15, 0.2) is 0 Å². The lowest BCUT2D eigenvalue weighted by Gasteiger charge is -2.16. The summed E-state index contributed by atoms with van der Waals surface area (Å²) >= 11 is 0. The maximum atomic E-state index is 13.1. The molecule has 86 valence electrons. The van der Waals surface area contributed by atoms with Crippen LogP contribution in [0.15, 0.2) is 18.2 Å². The molecule has 1 unspecified atom stereocenters. The summed E-state index contributed by atoms with van der Waals surface area (Å²) in [6.45, 7) is 2.83. The van der Waals surface area contributed by atoms with Crippen LogP contribution < -0.4 is 5.73 Å². The number of hydrogen-bond donors (Lipinski definition) is 1. The van der Waals surface area contributed by atoms with Gasteiger partial charge in [0.1, 0.15) is 5.82 Å². The summed E-state index contributed by atoms with van der Waals surface area (Å²) in [5.74, 6) is -0.136. The number of benzene rings is 1. The molecule has 0 aliphatic carbocycles. The Bertz CT molecular complexity index is 419. The predicted octanol–water partition coefficient (Wildman–Crippen LogP) is 1.19. The molecule has 0 spiro atoms. The second kappa shape index (κ2) is 4.22. The number of halogens is 1. The smallest absolute Gasteiger partial charge is 0.224 e. The number of carbonyl (C=O) groups is 1. The van der Waals surface area contributed by atoms with E-state index in [1.165, 1.54) is 6.07 Å². The van der Waals surface area contributed by atoms with Crippen LogP contribution in [0.25, 0.3) is 0 Å². The highest BCUT2D eigenvalue weighted by atomic mass is 19.1. The minimum absolute atomic E-state index is 0.0611. The first-order valence-corrected chi connectivity index (χ1v) is 5.34. The zero-order valence-electron chi connectivity index (χ0n) is 9.24. The Balaban J connectivity index is 2.09. The second-order valence-corrected chi connectivity index (χ2v) is 4.32. The average molecular weight is 222 g/mol. The van der Waals surface area contributed by atoms with Gasteiger partial charge in [-0.25, -0.2) is 4.39 Å². The average Bonchev–Trinajstić information content (AvgIpc) is 2.51. The van der Waals surface area contributed by atoms with Gasteiger partial charge in [-0.3, -0.25) is 4.79 Å². The first-order valence-electron chi connectivity index (χ1n) is 5.34. The lowest BCUT2D eigenvalue weighted by atomic mass is 10.1. The Morgan fingerprint density at radius 2 is 2.31 bits per heavy atom. The molecule has 1 aromatic rings. The van der Waals surface area contributed by atoms with Gasteiger partial charge in [-0.1, -0.05) is 12.1 Å². The van der Waals surface area contributed by atoms with E-state index in [1.54, 1.807) is 24.0 Å². The summed E-state index contributed by atoms with van der Waals surface area (Å²) < 4.78 is 13.1. The van der Waals surface area contributed by atoms with Gasteiger partial charge in [0.2, 0.25) is 5.91 Å². The molecule has 0 bridgehead atoms. The molecule has 1 aromatic carbocycles. The Morgan fingerprint density at radius 1 is 1.56 bits per heavy atom. The lowest BCUT2D eigenvalue weighted by Crippen LogP contribution is -2.27. The number of amides is 1. The van der Waals surface area contributed by atoms with Crippen LogP contribution in [0.4, 0.5) is 4.39 Å². The van der Waals surface area contributed by atoms with Gasteiger partial charge in [-0.05, 0) is 24.1 Å². The first kappa shape index (κ1) is 11.1. The van der Waals surface area contributed by atoms with Crippen molar-refractivity contribution in [1.29, 1.82) is 0 Å². The van der Waals surface area contributed by atoms with Crippen LogP contribution in [0.2, 0.25) is 0 Å². The summed E-state index contributed by atoms with van der Waals surface area (Å²) in [4.78, 5) is 13.2. The van der Waals surface area contributed by atoms with Crippen LogP contribution in [0, 0.1) is 12.7 Å². The zero-order chi connectivity index (χ0) is 11.7. The highest BCUT2D eigenvalue weighted by Crippen LogP contribution is 2.15. The summed E-state index contributed by atoms with van der Waals surface area (Å²) in [6.07, 6.45) is 0.417.